The van der Waals surface area contributed by atoms with Gasteiger partial charge in [-0.1, -0.05) is 204 Å². The van der Waals surface area contributed by atoms with Gasteiger partial charge >= 0.3 is 0 Å². The third-order valence-electron chi connectivity index (χ3n) is 11.2. The molecule has 0 aliphatic rings. The SMILES string of the molecule is CCCCCCCCCCC/C=C/CC/C=C/CCCC(O)C(O)C(CO)NC(=O)CCCCCCCCC/C=C\CCCCCCCCCCCCCC. The van der Waals surface area contributed by atoms with Gasteiger partial charge in [0.25, 0.3) is 0 Å². The van der Waals surface area contributed by atoms with Crippen molar-refractivity contribution in [2.75, 3.05) is 6.61 Å². The van der Waals surface area contributed by atoms with Gasteiger partial charge in [-0.25, -0.2) is 0 Å². The highest BCUT2D eigenvalue weighted by molar-refractivity contribution is 5.76. The molecular weight excluding hydrogens is 679 g/mol. The quantitative estimate of drug-likeness (QED) is 0.0367. The minimum absolute atomic E-state index is 0.161. The van der Waals surface area contributed by atoms with Crippen LogP contribution in [0.15, 0.2) is 36.5 Å². The highest BCUT2D eigenvalue weighted by atomic mass is 16.3. The second-order valence-electron chi connectivity index (χ2n) is 16.6. The topological polar surface area (TPSA) is 89.8 Å². The van der Waals surface area contributed by atoms with Crippen LogP contribution in [0.25, 0.3) is 0 Å². The van der Waals surface area contributed by atoms with Crippen LogP contribution < -0.4 is 5.32 Å². The molecule has 0 radical (unpaired) electrons. The van der Waals surface area contributed by atoms with Crippen molar-refractivity contribution in [2.24, 2.45) is 0 Å². The van der Waals surface area contributed by atoms with Crippen molar-refractivity contribution in [3.8, 4) is 0 Å². The van der Waals surface area contributed by atoms with Crippen molar-refractivity contribution < 1.29 is 20.1 Å². The van der Waals surface area contributed by atoms with Crippen molar-refractivity contribution in [1.29, 1.82) is 0 Å². The predicted molar refractivity (Wildman–Crippen MR) is 241 cm³/mol. The number of amides is 1. The van der Waals surface area contributed by atoms with E-state index in [1.165, 1.54) is 180 Å². The molecule has 0 aliphatic heterocycles. The Balaban J connectivity index is 3.65. The van der Waals surface area contributed by atoms with E-state index in [4.69, 9.17) is 0 Å². The summed E-state index contributed by atoms with van der Waals surface area (Å²) in [7, 11) is 0. The number of nitrogens with one attached hydrogen (secondary N) is 1. The Hall–Kier alpha value is -1.43. The van der Waals surface area contributed by atoms with Gasteiger partial charge in [0.15, 0.2) is 0 Å². The molecule has 0 rings (SSSR count). The van der Waals surface area contributed by atoms with E-state index in [0.717, 1.165) is 44.9 Å². The molecule has 0 spiro atoms. The Labute approximate surface area is 343 Å². The molecule has 0 aromatic heterocycles. The largest absolute Gasteiger partial charge is 0.394 e. The average molecular weight is 774 g/mol. The maximum absolute atomic E-state index is 12.5. The Bertz CT molecular complexity index is 855. The lowest BCUT2D eigenvalue weighted by molar-refractivity contribution is -0.124. The van der Waals surface area contributed by atoms with E-state index >= 15 is 0 Å². The van der Waals surface area contributed by atoms with E-state index in [1.54, 1.807) is 0 Å². The zero-order valence-corrected chi connectivity index (χ0v) is 36.8. The summed E-state index contributed by atoms with van der Waals surface area (Å²) in [5, 5.41) is 33.6. The van der Waals surface area contributed by atoms with Crippen LogP contribution in [-0.2, 0) is 4.79 Å². The Morgan fingerprint density at radius 2 is 0.745 bits per heavy atom. The predicted octanol–water partition coefficient (Wildman–Crippen LogP) is 14.3. The normalized spacial score (nSPS) is 13.8. The first-order valence-corrected chi connectivity index (χ1v) is 24.3. The summed E-state index contributed by atoms with van der Waals surface area (Å²) in [5.74, 6) is -0.161. The van der Waals surface area contributed by atoms with Crippen LogP contribution in [0.1, 0.15) is 251 Å². The highest BCUT2D eigenvalue weighted by Gasteiger charge is 2.26. The van der Waals surface area contributed by atoms with Gasteiger partial charge in [0.05, 0.1) is 18.8 Å². The smallest absolute Gasteiger partial charge is 0.220 e. The fraction of sp³-hybridized carbons (Fsp3) is 0.860. The Kier molecular flexibility index (Phi) is 44.1. The lowest BCUT2D eigenvalue weighted by atomic mass is 10.0. The van der Waals surface area contributed by atoms with Gasteiger partial charge in [0, 0.05) is 6.42 Å². The van der Waals surface area contributed by atoms with E-state index in [9.17, 15) is 20.1 Å². The molecule has 0 saturated heterocycles. The standard InChI is InChI=1S/C50H95NO4/c1-3-5-7-9-11-13-15-17-19-21-23-24-25-26-27-29-31-33-35-37-39-41-43-45-49(54)51-47(46-52)50(55)48(53)44-42-40-38-36-34-32-30-28-22-20-18-16-14-12-10-8-6-4-2/h26-28,30,36,38,47-48,50,52-53,55H,3-25,29,31-35,37,39-46H2,1-2H3,(H,51,54)/b27-26-,30-28+,38-36+. The first-order chi connectivity index (χ1) is 27.1. The lowest BCUT2D eigenvalue weighted by Crippen LogP contribution is -2.50. The monoisotopic (exact) mass is 774 g/mol. The van der Waals surface area contributed by atoms with Gasteiger partial charge in [-0.15, -0.1) is 0 Å². The molecule has 0 aromatic carbocycles. The third kappa shape index (κ3) is 40.6. The molecule has 0 saturated carbocycles. The molecule has 3 unspecified atom stereocenters. The average Bonchev–Trinajstić information content (AvgIpc) is 3.19. The van der Waals surface area contributed by atoms with Crippen LogP contribution in [0.2, 0.25) is 0 Å². The third-order valence-corrected chi connectivity index (χ3v) is 11.2. The van der Waals surface area contributed by atoms with Crippen molar-refractivity contribution in [3.63, 3.8) is 0 Å². The number of carbonyl (C=O) groups is 1. The summed E-state index contributed by atoms with van der Waals surface area (Å²) < 4.78 is 0. The number of carbonyl (C=O) groups excluding carboxylic acids is 1. The number of rotatable bonds is 44. The van der Waals surface area contributed by atoms with E-state index in [-0.39, 0.29) is 12.5 Å². The zero-order valence-electron chi connectivity index (χ0n) is 36.8. The number of hydrogen-bond donors (Lipinski definition) is 4. The van der Waals surface area contributed by atoms with Crippen molar-refractivity contribution >= 4 is 5.91 Å². The van der Waals surface area contributed by atoms with Gasteiger partial charge in [-0.05, 0) is 77.0 Å². The fourth-order valence-corrected chi connectivity index (χ4v) is 7.41. The minimum Gasteiger partial charge on any atom is -0.394 e. The van der Waals surface area contributed by atoms with Gasteiger partial charge in [-0.3, -0.25) is 4.79 Å². The second-order valence-corrected chi connectivity index (χ2v) is 16.6. The molecule has 5 nitrogen and oxygen atoms in total. The maximum atomic E-state index is 12.5. The maximum Gasteiger partial charge on any atom is 0.220 e. The molecular formula is C50H95NO4. The number of allylic oxidation sites excluding steroid dienone is 6. The van der Waals surface area contributed by atoms with Crippen LogP contribution in [-0.4, -0.2) is 46.1 Å². The van der Waals surface area contributed by atoms with Crippen LogP contribution in [0.4, 0.5) is 0 Å². The fourth-order valence-electron chi connectivity index (χ4n) is 7.41. The summed E-state index contributed by atoms with van der Waals surface area (Å²) in [6.07, 6.45) is 57.0. The summed E-state index contributed by atoms with van der Waals surface area (Å²) in [6.45, 7) is 4.17. The molecule has 4 N–H and O–H groups in total. The van der Waals surface area contributed by atoms with Crippen LogP contribution in [0.5, 0.6) is 0 Å². The van der Waals surface area contributed by atoms with Gasteiger partial charge in [-0.2, -0.15) is 0 Å². The number of aliphatic hydroxyl groups is 3. The molecule has 5 heteroatoms. The van der Waals surface area contributed by atoms with Crippen LogP contribution >= 0.6 is 0 Å². The molecule has 1 amide bonds. The molecule has 55 heavy (non-hydrogen) atoms. The zero-order chi connectivity index (χ0) is 40.1. The van der Waals surface area contributed by atoms with Gasteiger partial charge < -0.3 is 20.6 Å². The van der Waals surface area contributed by atoms with Crippen molar-refractivity contribution in [3.05, 3.63) is 36.5 Å². The van der Waals surface area contributed by atoms with E-state index in [0.29, 0.717) is 12.8 Å². The van der Waals surface area contributed by atoms with Crippen molar-refractivity contribution in [1.82, 2.24) is 5.32 Å². The van der Waals surface area contributed by atoms with Gasteiger partial charge in [0.1, 0.15) is 6.10 Å². The van der Waals surface area contributed by atoms with E-state index in [2.05, 4.69) is 55.6 Å². The van der Waals surface area contributed by atoms with Crippen LogP contribution in [0, 0.1) is 0 Å². The highest BCUT2D eigenvalue weighted by Crippen LogP contribution is 2.15. The molecule has 0 bridgehead atoms. The molecule has 0 heterocycles. The van der Waals surface area contributed by atoms with Crippen LogP contribution in [0.3, 0.4) is 0 Å². The second kappa shape index (κ2) is 45.3. The summed E-state index contributed by atoms with van der Waals surface area (Å²) in [5.41, 5.74) is 0. The first-order valence-electron chi connectivity index (χ1n) is 24.3. The summed E-state index contributed by atoms with van der Waals surface area (Å²) >= 11 is 0. The van der Waals surface area contributed by atoms with E-state index < -0.39 is 18.2 Å². The number of unbranched alkanes of at least 4 members (excludes halogenated alkanes) is 30. The number of hydrogen-bond acceptors (Lipinski definition) is 4. The van der Waals surface area contributed by atoms with E-state index in [1.807, 2.05) is 0 Å². The molecule has 0 aliphatic carbocycles. The molecule has 3 atom stereocenters. The Morgan fingerprint density at radius 3 is 1.11 bits per heavy atom. The molecule has 0 fully saturated rings. The lowest BCUT2D eigenvalue weighted by Gasteiger charge is -2.26. The molecule has 0 aromatic rings. The summed E-state index contributed by atoms with van der Waals surface area (Å²) in [4.78, 5) is 12.5. The first kappa shape index (κ1) is 53.6. The minimum atomic E-state index is -1.17. The Morgan fingerprint density at radius 1 is 0.436 bits per heavy atom. The number of aliphatic hydroxyl groups excluding tert-OH is 3. The van der Waals surface area contributed by atoms with Crippen molar-refractivity contribution in [2.45, 2.75) is 270 Å². The summed E-state index contributed by atoms with van der Waals surface area (Å²) in [6, 6.07) is -0.834. The van der Waals surface area contributed by atoms with Gasteiger partial charge in [0.2, 0.25) is 5.91 Å². The molecule has 324 valence electrons.